The molecule has 394 valence electrons. The molecule has 1 nitrogen and oxygen atoms in total. The third-order valence-electron chi connectivity index (χ3n) is 17.9. The molecule has 17 rings (SSSR count). The summed E-state index contributed by atoms with van der Waals surface area (Å²) in [6.45, 7) is 0. The lowest BCUT2D eigenvalue weighted by Crippen LogP contribution is -1.99. The SMILES string of the molecule is c1ccc(-c2c(-c3ccccc3)c(-c3ccccc3)c3c(c2-c2ccccc2)-c2cccc4c(-c5ccc(-c6ccc7c8c(cccc68)-c6c(-c8ccccc8)c(-c8ccccc8)c(-c8ccccc8)c(-c8ccccc8)c6-7)[nH]5)ccc-3c24)cc1. The van der Waals surface area contributed by atoms with Crippen LogP contribution in [0.5, 0.6) is 0 Å². The molecule has 0 amide bonds. The van der Waals surface area contributed by atoms with Gasteiger partial charge in [-0.05, 0) is 167 Å². The van der Waals surface area contributed by atoms with Crippen LogP contribution < -0.4 is 0 Å². The summed E-state index contributed by atoms with van der Waals surface area (Å²) in [6.07, 6.45) is 0. The van der Waals surface area contributed by atoms with Crippen LogP contribution >= 0.6 is 0 Å². The molecular weight excluding hydrogens is 1020 g/mol. The highest BCUT2D eigenvalue weighted by Gasteiger charge is 2.37. The van der Waals surface area contributed by atoms with Gasteiger partial charge in [-0.2, -0.15) is 0 Å². The molecular formula is C84H53N. The number of hydrogen-bond acceptors (Lipinski definition) is 0. The zero-order valence-corrected chi connectivity index (χ0v) is 46.5. The molecule has 14 aromatic carbocycles. The van der Waals surface area contributed by atoms with E-state index in [1.165, 1.54) is 166 Å². The number of aromatic amines is 1. The van der Waals surface area contributed by atoms with Gasteiger partial charge >= 0.3 is 0 Å². The molecule has 0 aliphatic heterocycles. The van der Waals surface area contributed by atoms with E-state index in [4.69, 9.17) is 0 Å². The van der Waals surface area contributed by atoms with Gasteiger partial charge in [0.05, 0.1) is 0 Å². The predicted molar refractivity (Wildman–Crippen MR) is 359 cm³/mol. The Morgan fingerprint density at radius 3 is 0.576 bits per heavy atom. The van der Waals surface area contributed by atoms with Crippen LogP contribution in [0, 0.1) is 0 Å². The Labute approximate surface area is 495 Å². The highest BCUT2D eigenvalue weighted by atomic mass is 14.7. The molecule has 1 N–H and O–H groups in total. The van der Waals surface area contributed by atoms with Crippen molar-refractivity contribution in [3.8, 4) is 156 Å². The Hall–Kier alpha value is -11.1. The van der Waals surface area contributed by atoms with Gasteiger partial charge in [-0.1, -0.05) is 303 Å². The third kappa shape index (κ3) is 7.57. The highest BCUT2D eigenvalue weighted by molar-refractivity contribution is 6.29. The molecule has 0 atom stereocenters. The summed E-state index contributed by atoms with van der Waals surface area (Å²) in [5.41, 5.74) is 34.2. The van der Waals surface area contributed by atoms with E-state index >= 15 is 0 Å². The quantitative estimate of drug-likeness (QED) is 0.140. The Kier molecular flexibility index (Phi) is 11.3. The Balaban J connectivity index is 0.887. The number of aromatic nitrogens is 1. The first-order valence-corrected chi connectivity index (χ1v) is 29.5. The summed E-state index contributed by atoms with van der Waals surface area (Å²) in [7, 11) is 0. The van der Waals surface area contributed by atoms with Gasteiger partial charge in [0.15, 0.2) is 0 Å². The van der Waals surface area contributed by atoms with Crippen molar-refractivity contribution in [1.82, 2.24) is 4.98 Å². The van der Waals surface area contributed by atoms with Crippen molar-refractivity contribution in [3.05, 3.63) is 315 Å². The summed E-state index contributed by atoms with van der Waals surface area (Å²) in [5.74, 6) is 0. The van der Waals surface area contributed by atoms with E-state index in [9.17, 15) is 0 Å². The number of benzene rings is 14. The first-order chi connectivity index (χ1) is 42.3. The van der Waals surface area contributed by atoms with Crippen molar-refractivity contribution in [3.63, 3.8) is 0 Å². The minimum Gasteiger partial charge on any atom is -0.355 e. The number of nitrogens with one attached hydrogen (secondary N) is 1. The topological polar surface area (TPSA) is 15.8 Å². The molecule has 0 bridgehead atoms. The second kappa shape index (κ2) is 19.8. The van der Waals surface area contributed by atoms with E-state index in [1.54, 1.807) is 0 Å². The molecule has 85 heavy (non-hydrogen) atoms. The molecule has 1 heteroatoms. The van der Waals surface area contributed by atoms with Gasteiger partial charge in [0.1, 0.15) is 0 Å². The second-order valence-corrected chi connectivity index (χ2v) is 22.5. The van der Waals surface area contributed by atoms with Crippen molar-refractivity contribution in [2.75, 3.05) is 0 Å². The van der Waals surface area contributed by atoms with Crippen LogP contribution in [0.2, 0.25) is 0 Å². The number of fused-ring (bicyclic) bond motifs is 6. The molecule has 0 saturated heterocycles. The lowest BCUT2D eigenvalue weighted by Gasteiger charge is -2.26. The maximum absolute atomic E-state index is 4.06. The van der Waals surface area contributed by atoms with Gasteiger partial charge in [-0.25, -0.2) is 0 Å². The molecule has 0 saturated carbocycles. The third-order valence-corrected chi connectivity index (χ3v) is 17.9. The van der Waals surface area contributed by atoms with E-state index in [1.807, 2.05) is 0 Å². The van der Waals surface area contributed by atoms with E-state index in [0.717, 1.165) is 11.4 Å². The summed E-state index contributed by atoms with van der Waals surface area (Å²) in [4.78, 5) is 4.06. The minimum absolute atomic E-state index is 1.08. The second-order valence-electron chi connectivity index (χ2n) is 22.5. The summed E-state index contributed by atoms with van der Waals surface area (Å²) in [5, 5.41) is 5.00. The molecule has 0 radical (unpaired) electrons. The van der Waals surface area contributed by atoms with Crippen molar-refractivity contribution in [2.24, 2.45) is 0 Å². The molecule has 15 aromatic rings. The summed E-state index contributed by atoms with van der Waals surface area (Å²) < 4.78 is 0. The molecule has 0 spiro atoms. The fourth-order valence-corrected chi connectivity index (χ4v) is 14.6. The van der Waals surface area contributed by atoms with Crippen LogP contribution in [-0.2, 0) is 0 Å². The van der Waals surface area contributed by atoms with Crippen molar-refractivity contribution >= 4 is 21.5 Å². The van der Waals surface area contributed by atoms with E-state index in [-0.39, 0.29) is 0 Å². The van der Waals surface area contributed by atoms with Crippen molar-refractivity contribution in [2.45, 2.75) is 0 Å². The highest BCUT2D eigenvalue weighted by Crippen LogP contribution is 2.64. The Bertz CT molecular complexity index is 4530. The van der Waals surface area contributed by atoms with Gasteiger partial charge in [-0.15, -0.1) is 0 Å². The van der Waals surface area contributed by atoms with Crippen LogP contribution in [0.3, 0.4) is 0 Å². The normalized spacial score (nSPS) is 11.8. The summed E-state index contributed by atoms with van der Waals surface area (Å²) in [6, 6.07) is 117. The lowest BCUT2D eigenvalue weighted by atomic mass is 9.76. The molecule has 1 aromatic heterocycles. The smallest absolute Gasteiger partial charge is 0.0465 e. The van der Waals surface area contributed by atoms with Crippen LogP contribution in [0.25, 0.3) is 178 Å². The van der Waals surface area contributed by atoms with E-state index in [2.05, 4.69) is 320 Å². The van der Waals surface area contributed by atoms with Gasteiger partial charge in [0, 0.05) is 22.5 Å². The Morgan fingerprint density at radius 2 is 0.341 bits per heavy atom. The zero-order chi connectivity index (χ0) is 56.0. The maximum atomic E-state index is 4.06. The minimum atomic E-state index is 1.08. The van der Waals surface area contributed by atoms with E-state index < -0.39 is 0 Å². The van der Waals surface area contributed by atoms with Gasteiger partial charge < -0.3 is 4.98 Å². The zero-order valence-electron chi connectivity index (χ0n) is 46.5. The molecule has 1 heterocycles. The van der Waals surface area contributed by atoms with Gasteiger partial charge in [0.25, 0.3) is 0 Å². The number of rotatable bonds is 10. The fraction of sp³-hybridized carbons (Fsp3) is 0. The predicted octanol–water partition coefficient (Wildman–Crippen LogP) is 23.3. The van der Waals surface area contributed by atoms with E-state index in [0.29, 0.717) is 0 Å². The van der Waals surface area contributed by atoms with Gasteiger partial charge in [-0.3, -0.25) is 0 Å². The standard InChI is InChI=1S/C84H53N/c1-9-27-53(28-10-1)71-73(55-31-13-3-14-32-55)77(59-39-21-7-22-40-59)83-67-49-47-61(63-43-25-45-65(79(63)67)81(83)75(71)57-35-17-5-18-36-57)69-51-52-70(85-69)62-48-50-68-80-64(62)44-26-46-66(80)82-76(58-37-19-6-20-38-58)72(54-29-11-2-12-30-54)74(56-33-15-4-16-34-56)78(84(68)82)60-41-23-8-24-42-60/h1-52,85H. The molecule has 2 aliphatic carbocycles. The van der Waals surface area contributed by atoms with Crippen LogP contribution in [0.4, 0.5) is 0 Å². The van der Waals surface area contributed by atoms with Crippen molar-refractivity contribution in [1.29, 1.82) is 0 Å². The lowest BCUT2D eigenvalue weighted by molar-refractivity contribution is 1.41. The van der Waals surface area contributed by atoms with Crippen LogP contribution in [-0.4, -0.2) is 4.98 Å². The first kappa shape index (κ1) is 48.6. The number of hydrogen-bond donors (Lipinski definition) is 1. The molecule has 0 unspecified atom stereocenters. The maximum Gasteiger partial charge on any atom is 0.0465 e. The average Bonchev–Trinajstić information content (AvgIpc) is 1.67. The summed E-state index contributed by atoms with van der Waals surface area (Å²) >= 11 is 0. The van der Waals surface area contributed by atoms with Crippen LogP contribution in [0.15, 0.2) is 315 Å². The first-order valence-electron chi connectivity index (χ1n) is 29.5. The number of H-pyrrole nitrogens is 1. The van der Waals surface area contributed by atoms with Crippen molar-refractivity contribution < 1.29 is 0 Å². The van der Waals surface area contributed by atoms with Crippen LogP contribution in [0.1, 0.15) is 0 Å². The Morgan fingerprint density at radius 1 is 0.141 bits per heavy atom. The molecule has 2 aliphatic rings. The average molecular weight is 1080 g/mol. The monoisotopic (exact) mass is 1080 g/mol. The molecule has 0 fully saturated rings. The fourth-order valence-electron chi connectivity index (χ4n) is 14.6. The van der Waals surface area contributed by atoms with Gasteiger partial charge in [0.2, 0.25) is 0 Å². The largest absolute Gasteiger partial charge is 0.355 e.